The van der Waals surface area contributed by atoms with E-state index in [0.29, 0.717) is 64.3 Å². The summed E-state index contributed by atoms with van der Waals surface area (Å²) in [4.78, 5) is 30.3. The molecule has 11 heteroatoms. The number of aliphatic imine (C=N–C) groups is 1. The van der Waals surface area contributed by atoms with Gasteiger partial charge in [0.15, 0.2) is 0 Å². The summed E-state index contributed by atoms with van der Waals surface area (Å²) in [6.45, 7) is 5.79. The molecule has 0 aliphatic rings. The van der Waals surface area contributed by atoms with E-state index in [4.69, 9.17) is 18.9 Å². The van der Waals surface area contributed by atoms with Crippen LogP contribution in [0.4, 0.5) is 28.4 Å². The van der Waals surface area contributed by atoms with Crippen LogP contribution in [-0.4, -0.2) is 31.4 Å². The first-order valence-corrected chi connectivity index (χ1v) is 21.1. The Balaban J connectivity index is 0.932. The number of hydrogen-bond acceptors (Lipinski definition) is 11. The fourth-order valence-electron chi connectivity index (χ4n) is 5.95. The zero-order valence-corrected chi connectivity index (χ0v) is 35.2. The maximum absolute atomic E-state index is 12.9. The highest BCUT2D eigenvalue weighted by Crippen LogP contribution is 2.25. The molecule has 11 nitrogen and oxygen atoms in total. The van der Waals surface area contributed by atoms with Crippen LogP contribution in [0.3, 0.4) is 0 Å². The maximum Gasteiger partial charge on any atom is 0.343 e. The van der Waals surface area contributed by atoms with Gasteiger partial charge in [-0.25, -0.2) is 9.59 Å². The van der Waals surface area contributed by atoms with Crippen molar-refractivity contribution in [2.75, 3.05) is 13.2 Å². The van der Waals surface area contributed by atoms with Gasteiger partial charge in [0, 0.05) is 6.21 Å². The molecule has 0 aromatic heterocycles. The van der Waals surface area contributed by atoms with Crippen LogP contribution in [0.2, 0.25) is 0 Å². The second-order valence-corrected chi connectivity index (χ2v) is 14.4. The van der Waals surface area contributed by atoms with Gasteiger partial charge in [-0.05, 0) is 152 Å². The van der Waals surface area contributed by atoms with Crippen LogP contribution in [-0.2, 0) is 0 Å². The summed E-state index contributed by atoms with van der Waals surface area (Å²) in [5.41, 5.74) is 4.72. The van der Waals surface area contributed by atoms with Crippen molar-refractivity contribution < 1.29 is 28.5 Å². The highest BCUT2D eigenvalue weighted by atomic mass is 16.5. The molecule has 0 unspecified atom stereocenters. The monoisotopic (exact) mass is 829 g/mol. The molecule has 6 aromatic rings. The molecule has 0 spiro atoms. The number of rotatable bonds is 22. The molecule has 0 radical (unpaired) electrons. The first-order chi connectivity index (χ1) is 30.4. The first kappa shape index (κ1) is 44.3. The van der Waals surface area contributed by atoms with Gasteiger partial charge in [0.1, 0.15) is 23.0 Å². The molecule has 0 amide bonds. The lowest BCUT2D eigenvalue weighted by Gasteiger charge is -2.06. The third-order valence-electron chi connectivity index (χ3n) is 9.45. The van der Waals surface area contributed by atoms with E-state index >= 15 is 0 Å². The smallest absolute Gasteiger partial charge is 0.343 e. The molecule has 0 bridgehead atoms. The van der Waals surface area contributed by atoms with Crippen LogP contribution >= 0.6 is 0 Å². The summed E-state index contributed by atoms with van der Waals surface area (Å²) in [5, 5.41) is 17.1. The number of azo groups is 2. The summed E-state index contributed by atoms with van der Waals surface area (Å²) in [5.74, 6) is 1.37. The molecule has 0 saturated carbocycles. The molecule has 316 valence electrons. The van der Waals surface area contributed by atoms with Gasteiger partial charge in [-0.2, -0.15) is 20.5 Å². The molecule has 6 rings (SSSR count). The predicted molar refractivity (Wildman–Crippen MR) is 243 cm³/mol. The van der Waals surface area contributed by atoms with Crippen molar-refractivity contribution >= 4 is 46.6 Å². The van der Waals surface area contributed by atoms with E-state index < -0.39 is 11.9 Å². The van der Waals surface area contributed by atoms with Crippen LogP contribution in [0.25, 0.3) is 0 Å². The summed E-state index contributed by atoms with van der Waals surface area (Å²) < 4.78 is 22.8. The Morgan fingerprint density at radius 1 is 0.435 bits per heavy atom. The average molecular weight is 830 g/mol. The van der Waals surface area contributed by atoms with Crippen LogP contribution < -0.4 is 18.9 Å². The van der Waals surface area contributed by atoms with Gasteiger partial charge in [-0.3, -0.25) is 4.99 Å². The van der Waals surface area contributed by atoms with Gasteiger partial charge in [0.25, 0.3) is 0 Å². The minimum atomic E-state index is -0.504. The van der Waals surface area contributed by atoms with Gasteiger partial charge in [0.2, 0.25) is 0 Å². The van der Waals surface area contributed by atoms with Gasteiger partial charge < -0.3 is 18.9 Å². The van der Waals surface area contributed by atoms with E-state index in [0.717, 1.165) is 29.9 Å². The topological polar surface area (TPSA) is 133 Å². The molecule has 0 fully saturated rings. The lowest BCUT2D eigenvalue weighted by Crippen LogP contribution is -2.08. The Bertz CT molecular complexity index is 2400. The Labute approximate surface area is 363 Å². The van der Waals surface area contributed by atoms with Crippen molar-refractivity contribution in [3.8, 4) is 23.0 Å². The van der Waals surface area contributed by atoms with Crippen LogP contribution in [0.1, 0.15) is 91.5 Å². The van der Waals surface area contributed by atoms with E-state index in [9.17, 15) is 9.59 Å². The minimum absolute atomic E-state index is 0.373. The third kappa shape index (κ3) is 14.8. The summed E-state index contributed by atoms with van der Waals surface area (Å²) in [7, 11) is 0. The Kier molecular flexibility index (Phi) is 17.2. The fourth-order valence-corrected chi connectivity index (χ4v) is 5.95. The molecule has 0 N–H and O–H groups in total. The van der Waals surface area contributed by atoms with E-state index in [2.05, 4.69) is 39.3 Å². The summed E-state index contributed by atoms with van der Waals surface area (Å²) in [6.07, 6.45) is 10.9. The van der Waals surface area contributed by atoms with Crippen molar-refractivity contribution in [1.82, 2.24) is 0 Å². The second-order valence-electron chi connectivity index (χ2n) is 14.4. The van der Waals surface area contributed by atoms with Gasteiger partial charge in [-0.1, -0.05) is 64.5 Å². The zero-order chi connectivity index (χ0) is 43.2. The Morgan fingerprint density at radius 2 is 0.839 bits per heavy atom. The van der Waals surface area contributed by atoms with Gasteiger partial charge in [0.05, 0.1) is 52.8 Å². The average Bonchev–Trinajstić information content (AvgIpc) is 3.31. The number of unbranched alkanes of at least 4 members (excludes halogenated alkanes) is 6. The van der Waals surface area contributed by atoms with Gasteiger partial charge in [-0.15, -0.1) is 0 Å². The van der Waals surface area contributed by atoms with Gasteiger partial charge >= 0.3 is 11.9 Å². The highest BCUT2D eigenvalue weighted by Gasteiger charge is 2.11. The van der Waals surface area contributed by atoms with Crippen LogP contribution in [0, 0.1) is 0 Å². The Morgan fingerprint density at radius 3 is 1.29 bits per heavy atom. The number of hydrogen-bond donors (Lipinski definition) is 0. The first-order valence-electron chi connectivity index (χ1n) is 21.1. The Hall–Kier alpha value is -7.27. The molecular weight excluding hydrogens is 779 g/mol. The van der Waals surface area contributed by atoms with Crippen molar-refractivity contribution in [2.24, 2.45) is 25.4 Å². The molecule has 0 aliphatic heterocycles. The summed E-state index contributed by atoms with van der Waals surface area (Å²) in [6, 6.07) is 42.3. The predicted octanol–water partition coefficient (Wildman–Crippen LogP) is 14.6. The van der Waals surface area contributed by atoms with Crippen LogP contribution in [0.15, 0.2) is 171 Å². The number of ether oxygens (including phenoxy) is 4. The molecule has 6 aromatic carbocycles. The maximum atomic E-state index is 12.9. The molecule has 0 aliphatic carbocycles. The van der Waals surface area contributed by atoms with Crippen molar-refractivity contribution in [3.63, 3.8) is 0 Å². The van der Waals surface area contributed by atoms with Crippen molar-refractivity contribution in [2.45, 2.75) is 65.2 Å². The molecule has 0 heterocycles. The number of carbonyl (C=O) groups is 2. The zero-order valence-electron chi connectivity index (χ0n) is 35.2. The molecular formula is C51H51N5O6. The largest absolute Gasteiger partial charge is 0.494 e. The minimum Gasteiger partial charge on any atom is -0.494 e. The highest BCUT2D eigenvalue weighted by molar-refractivity contribution is 5.92. The number of nitrogens with zero attached hydrogens (tertiary/aromatic N) is 5. The molecule has 0 saturated heterocycles. The second kappa shape index (κ2) is 24.1. The van der Waals surface area contributed by atoms with E-state index in [1.807, 2.05) is 54.6 Å². The normalized spacial score (nSPS) is 11.3. The summed E-state index contributed by atoms with van der Waals surface area (Å²) >= 11 is 0. The SMILES string of the molecule is CCCCCCOc1ccc(N=Nc2ccc(C(=O)Oc3ccc(N=Cc4cccc(OC(=O)c5ccc(N=Nc6ccc(OCCCCCC)cc6)cc5)c4)cc3)cc2)cc1. The lowest BCUT2D eigenvalue weighted by molar-refractivity contribution is 0.0725. The third-order valence-corrected chi connectivity index (χ3v) is 9.45. The van der Waals surface area contributed by atoms with E-state index in [-0.39, 0.29) is 0 Å². The lowest BCUT2D eigenvalue weighted by atomic mass is 10.2. The standard InChI is InChI=1S/C51H51N5O6/c1-3-5-7-9-34-59-46-28-24-44(25-29-46)55-53-42-18-14-39(15-19-42)50(57)61-48-32-22-41(23-33-48)52-37-38-12-11-13-49(36-38)62-51(58)40-16-20-43(21-17-40)54-56-45-26-30-47(31-27-45)60-35-10-8-6-4-2/h11-33,36-37H,3-10,34-35H2,1-2H3. The quantitative estimate of drug-likeness (QED) is 0.0220. The molecule has 62 heavy (non-hydrogen) atoms. The van der Waals surface area contributed by atoms with E-state index in [1.54, 1.807) is 97.2 Å². The number of benzene rings is 6. The number of esters is 2. The van der Waals surface area contributed by atoms with Crippen molar-refractivity contribution in [3.05, 3.63) is 162 Å². The molecule has 0 atom stereocenters. The number of carbonyl (C=O) groups excluding carboxylic acids is 2. The van der Waals surface area contributed by atoms with Crippen LogP contribution in [0.5, 0.6) is 23.0 Å². The fraction of sp³-hybridized carbons (Fsp3) is 0.235. The van der Waals surface area contributed by atoms with E-state index in [1.165, 1.54) is 38.5 Å². The van der Waals surface area contributed by atoms with Crippen molar-refractivity contribution in [1.29, 1.82) is 0 Å².